The van der Waals surface area contributed by atoms with Gasteiger partial charge in [-0.3, -0.25) is 4.79 Å². The molecule has 22 heavy (non-hydrogen) atoms. The number of ether oxygens (including phenoxy) is 1. The molecule has 3 heteroatoms. The third kappa shape index (κ3) is 4.48. The second kappa shape index (κ2) is 8.03. The zero-order valence-electron chi connectivity index (χ0n) is 12.6. The molecule has 0 aliphatic heterocycles. The summed E-state index contributed by atoms with van der Waals surface area (Å²) in [5.41, 5.74) is 1.89. The summed E-state index contributed by atoms with van der Waals surface area (Å²) in [4.78, 5) is 11.3. The number of benzene rings is 2. The Morgan fingerprint density at radius 2 is 1.82 bits per heavy atom. The van der Waals surface area contributed by atoms with Gasteiger partial charge < -0.3 is 9.84 Å². The van der Waals surface area contributed by atoms with Crippen molar-refractivity contribution < 1.29 is 14.6 Å². The van der Waals surface area contributed by atoms with Crippen LogP contribution in [0.15, 0.2) is 66.7 Å². The lowest BCUT2D eigenvalue weighted by Crippen LogP contribution is -2.10. The van der Waals surface area contributed by atoms with Gasteiger partial charge in [-0.2, -0.15) is 0 Å². The Morgan fingerprint density at radius 3 is 2.41 bits per heavy atom. The van der Waals surface area contributed by atoms with Gasteiger partial charge in [0, 0.05) is 0 Å². The maximum Gasteiger partial charge on any atom is 0.311 e. The summed E-state index contributed by atoms with van der Waals surface area (Å²) in [6.45, 7) is 2.39. The molecule has 0 radical (unpaired) electrons. The van der Waals surface area contributed by atoms with Crippen LogP contribution in [-0.2, 0) is 11.4 Å². The van der Waals surface area contributed by atoms with Crippen LogP contribution in [0.5, 0.6) is 5.75 Å². The summed E-state index contributed by atoms with van der Waals surface area (Å²) in [7, 11) is 0. The maximum absolute atomic E-state index is 11.3. The molecule has 0 amide bonds. The van der Waals surface area contributed by atoms with Crippen molar-refractivity contribution in [2.24, 2.45) is 0 Å². The average Bonchev–Trinajstić information content (AvgIpc) is 2.55. The van der Waals surface area contributed by atoms with E-state index >= 15 is 0 Å². The lowest BCUT2D eigenvalue weighted by atomic mass is 9.95. The highest BCUT2D eigenvalue weighted by atomic mass is 16.5. The Labute approximate surface area is 130 Å². The molecule has 1 atom stereocenters. The van der Waals surface area contributed by atoms with Gasteiger partial charge in [-0.1, -0.05) is 54.6 Å². The van der Waals surface area contributed by atoms with Crippen LogP contribution in [0.1, 0.15) is 30.4 Å². The molecule has 0 fully saturated rings. The summed E-state index contributed by atoms with van der Waals surface area (Å²) < 4.78 is 5.71. The first-order valence-corrected chi connectivity index (χ1v) is 7.31. The van der Waals surface area contributed by atoms with Crippen molar-refractivity contribution in [2.45, 2.75) is 25.9 Å². The number of allylic oxidation sites excluding steroid dienone is 2. The molecule has 114 valence electrons. The summed E-state index contributed by atoms with van der Waals surface area (Å²) in [5, 5.41) is 9.31. The van der Waals surface area contributed by atoms with Crippen LogP contribution in [-0.4, -0.2) is 11.1 Å². The number of aliphatic carboxylic acids is 1. The van der Waals surface area contributed by atoms with E-state index in [1.807, 2.05) is 73.7 Å². The lowest BCUT2D eigenvalue weighted by molar-refractivity contribution is -0.138. The lowest BCUT2D eigenvalue weighted by Gasteiger charge is -2.12. The van der Waals surface area contributed by atoms with Crippen molar-refractivity contribution in [3.63, 3.8) is 0 Å². The third-order valence-electron chi connectivity index (χ3n) is 3.44. The molecule has 2 aromatic carbocycles. The van der Waals surface area contributed by atoms with Gasteiger partial charge in [-0.25, -0.2) is 0 Å². The van der Waals surface area contributed by atoms with Crippen molar-refractivity contribution in [3.05, 3.63) is 77.9 Å². The predicted octanol–water partition coefficient (Wildman–Crippen LogP) is 4.40. The number of carboxylic acid groups (broad SMARTS) is 1. The molecule has 0 aliphatic carbocycles. The molecule has 0 aliphatic rings. The van der Waals surface area contributed by atoms with E-state index in [0.717, 1.165) is 16.9 Å². The molecule has 2 aromatic rings. The number of hydrogen-bond donors (Lipinski definition) is 1. The fraction of sp³-hybridized carbons (Fsp3) is 0.211. The zero-order valence-corrected chi connectivity index (χ0v) is 12.6. The molecule has 0 heterocycles. The third-order valence-corrected chi connectivity index (χ3v) is 3.44. The maximum atomic E-state index is 11.3. The van der Waals surface area contributed by atoms with Crippen LogP contribution in [0, 0.1) is 0 Å². The van der Waals surface area contributed by atoms with Gasteiger partial charge in [0.2, 0.25) is 0 Å². The fourth-order valence-corrected chi connectivity index (χ4v) is 2.19. The fourth-order valence-electron chi connectivity index (χ4n) is 2.19. The van der Waals surface area contributed by atoms with E-state index in [-0.39, 0.29) is 0 Å². The van der Waals surface area contributed by atoms with E-state index in [2.05, 4.69) is 0 Å². The van der Waals surface area contributed by atoms with E-state index < -0.39 is 11.9 Å². The standard InChI is InChI=1S/C19H20O3/c1-2-3-9-18(19(20)21)16-10-12-17(13-11-16)22-14-15-7-5-4-6-8-15/h2-8,10-13,18H,9,14H2,1H3,(H,20,21). The van der Waals surface area contributed by atoms with Gasteiger partial charge in [0.25, 0.3) is 0 Å². The molecule has 0 bridgehead atoms. The van der Waals surface area contributed by atoms with Gasteiger partial charge >= 0.3 is 5.97 Å². The molecule has 0 spiro atoms. The number of rotatable bonds is 7. The first-order chi connectivity index (χ1) is 10.7. The zero-order chi connectivity index (χ0) is 15.8. The monoisotopic (exact) mass is 296 g/mol. The second-order valence-corrected chi connectivity index (χ2v) is 5.04. The van der Waals surface area contributed by atoms with Crippen molar-refractivity contribution in [1.82, 2.24) is 0 Å². The normalized spacial score (nSPS) is 12.2. The number of carboxylic acids is 1. The average molecular weight is 296 g/mol. The minimum atomic E-state index is -0.809. The van der Waals surface area contributed by atoms with Crippen molar-refractivity contribution >= 4 is 5.97 Å². The van der Waals surface area contributed by atoms with E-state index in [1.165, 1.54) is 0 Å². The van der Waals surface area contributed by atoms with Crippen LogP contribution in [0.4, 0.5) is 0 Å². The predicted molar refractivity (Wildman–Crippen MR) is 87.0 cm³/mol. The second-order valence-electron chi connectivity index (χ2n) is 5.04. The van der Waals surface area contributed by atoms with Crippen molar-refractivity contribution in [1.29, 1.82) is 0 Å². The van der Waals surface area contributed by atoms with E-state index in [0.29, 0.717) is 13.0 Å². The number of hydrogen-bond acceptors (Lipinski definition) is 2. The highest BCUT2D eigenvalue weighted by Gasteiger charge is 2.18. The highest BCUT2D eigenvalue weighted by Crippen LogP contribution is 2.23. The van der Waals surface area contributed by atoms with Crippen LogP contribution in [0.3, 0.4) is 0 Å². The van der Waals surface area contributed by atoms with Crippen LogP contribution >= 0.6 is 0 Å². The topological polar surface area (TPSA) is 46.5 Å². The summed E-state index contributed by atoms with van der Waals surface area (Å²) in [6, 6.07) is 17.2. The smallest absolute Gasteiger partial charge is 0.311 e. The van der Waals surface area contributed by atoms with Crippen LogP contribution in [0.25, 0.3) is 0 Å². The van der Waals surface area contributed by atoms with Crippen molar-refractivity contribution in [2.75, 3.05) is 0 Å². The van der Waals surface area contributed by atoms with Gasteiger partial charge in [0.15, 0.2) is 0 Å². The Hall–Kier alpha value is -2.55. The molecular formula is C19H20O3. The van der Waals surface area contributed by atoms with Gasteiger partial charge in [-0.15, -0.1) is 0 Å². The summed E-state index contributed by atoms with van der Waals surface area (Å²) >= 11 is 0. The van der Waals surface area contributed by atoms with Gasteiger partial charge in [0.05, 0.1) is 5.92 Å². The molecule has 0 aromatic heterocycles. The molecular weight excluding hydrogens is 276 g/mol. The first-order valence-electron chi connectivity index (χ1n) is 7.31. The highest BCUT2D eigenvalue weighted by molar-refractivity contribution is 5.76. The van der Waals surface area contributed by atoms with Crippen molar-refractivity contribution in [3.8, 4) is 5.75 Å². The minimum absolute atomic E-state index is 0.496. The molecule has 0 saturated carbocycles. The Bertz CT molecular complexity index is 615. The van der Waals surface area contributed by atoms with Gasteiger partial charge in [0.1, 0.15) is 12.4 Å². The largest absolute Gasteiger partial charge is 0.489 e. The first kappa shape index (κ1) is 15.8. The Morgan fingerprint density at radius 1 is 1.14 bits per heavy atom. The molecule has 2 rings (SSSR count). The minimum Gasteiger partial charge on any atom is -0.489 e. The molecule has 1 N–H and O–H groups in total. The molecule has 1 unspecified atom stereocenters. The summed E-state index contributed by atoms with van der Waals surface area (Å²) in [5.74, 6) is -0.585. The van der Waals surface area contributed by atoms with Crippen LogP contribution in [0.2, 0.25) is 0 Å². The van der Waals surface area contributed by atoms with E-state index in [9.17, 15) is 9.90 Å². The summed E-state index contributed by atoms with van der Waals surface area (Å²) in [6.07, 6.45) is 4.24. The Balaban J connectivity index is 2.01. The van der Waals surface area contributed by atoms with E-state index in [4.69, 9.17) is 4.74 Å². The van der Waals surface area contributed by atoms with Gasteiger partial charge in [-0.05, 0) is 36.6 Å². The van der Waals surface area contributed by atoms with Crippen LogP contribution < -0.4 is 4.74 Å². The quantitative estimate of drug-likeness (QED) is 0.770. The number of carbonyl (C=O) groups is 1. The SMILES string of the molecule is CC=CCC(C(=O)O)c1ccc(OCc2ccccc2)cc1. The molecule has 0 saturated heterocycles. The van der Waals surface area contributed by atoms with E-state index in [1.54, 1.807) is 0 Å². The Kier molecular flexibility index (Phi) is 5.78. The molecule has 3 nitrogen and oxygen atoms in total.